The zero-order valence-electron chi connectivity index (χ0n) is 16.3. The number of carbonyl (C=O) groups excluding carboxylic acids is 1. The molecule has 2 aromatic heterocycles. The predicted molar refractivity (Wildman–Crippen MR) is 120 cm³/mol. The maximum Gasteiger partial charge on any atom is 0.291 e. The molecule has 0 saturated heterocycles. The second-order valence-electron chi connectivity index (χ2n) is 7.11. The molecular weight excluding hydrogens is 372 g/mol. The van der Waals surface area contributed by atoms with Crippen molar-refractivity contribution in [3.05, 3.63) is 115 Å². The molecule has 0 fully saturated rings. The lowest BCUT2D eigenvalue weighted by Crippen LogP contribution is -2.12. The number of hydrogen-bond donors (Lipinski definition) is 1. The van der Waals surface area contributed by atoms with Crippen molar-refractivity contribution in [3.8, 4) is 11.3 Å². The van der Waals surface area contributed by atoms with Crippen LogP contribution in [0.1, 0.15) is 16.1 Å². The molecule has 30 heavy (non-hydrogen) atoms. The maximum absolute atomic E-state index is 12.9. The number of fused-ring (bicyclic) bond motifs is 1. The van der Waals surface area contributed by atoms with E-state index < -0.39 is 0 Å². The van der Waals surface area contributed by atoms with Gasteiger partial charge in [0, 0.05) is 17.5 Å². The minimum absolute atomic E-state index is 0.264. The van der Waals surface area contributed by atoms with Gasteiger partial charge in [-0.15, -0.1) is 0 Å². The summed E-state index contributed by atoms with van der Waals surface area (Å²) in [5, 5.41) is 4.10. The quantitative estimate of drug-likeness (QED) is 0.387. The van der Waals surface area contributed by atoms with Crippen LogP contribution < -0.4 is 5.32 Å². The number of carbonyl (C=O) groups is 1. The summed E-state index contributed by atoms with van der Waals surface area (Å²) >= 11 is 0. The summed E-state index contributed by atoms with van der Waals surface area (Å²) in [5.41, 5.74) is 5.06. The standard InChI is InChI=1S/C26H20N2O2/c29-26(23-16-9-17-30-23)27-24-21-14-7-8-15-22(21)28(18-19-10-3-1-4-11-19)25(24)20-12-5-2-6-13-20/h1-17H,18H2,(H,27,29). The Balaban J connectivity index is 1.72. The third-order valence-electron chi connectivity index (χ3n) is 5.19. The molecule has 5 rings (SSSR count). The molecule has 0 aliphatic heterocycles. The van der Waals surface area contributed by atoms with Gasteiger partial charge in [0.2, 0.25) is 0 Å². The number of rotatable bonds is 5. The number of nitrogens with zero attached hydrogens (tertiary/aromatic N) is 1. The fraction of sp³-hybridized carbons (Fsp3) is 0.0385. The van der Waals surface area contributed by atoms with Crippen LogP contribution in [0.4, 0.5) is 5.69 Å². The predicted octanol–water partition coefficient (Wildman–Crippen LogP) is 6.20. The zero-order chi connectivity index (χ0) is 20.3. The molecule has 2 heterocycles. The lowest BCUT2D eigenvalue weighted by atomic mass is 10.1. The third kappa shape index (κ3) is 3.29. The summed E-state index contributed by atoms with van der Waals surface area (Å²) in [5.74, 6) is 0.0219. The van der Waals surface area contributed by atoms with E-state index in [0.717, 1.165) is 27.8 Å². The van der Waals surface area contributed by atoms with Gasteiger partial charge in [0.1, 0.15) is 0 Å². The molecule has 1 N–H and O–H groups in total. The van der Waals surface area contributed by atoms with E-state index in [4.69, 9.17) is 4.42 Å². The Bertz CT molecular complexity index is 1290. The van der Waals surface area contributed by atoms with E-state index in [2.05, 4.69) is 40.2 Å². The van der Waals surface area contributed by atoms with Gasteiger partial charge in [-0.25, -0.2) is 0 Å². The minimum atomic E-state index is -0.264. The molecule has 0 saturated carbocycles. The Morgan fingerprint density at radius 1 is 0.800 bits per heavy atom. The lowest BCUT2D eigenvalue weighted by Gasteiger charge is -2.13. The van der Waals surface area contributed by atoms with Gasteiger partial charge in [-0.3, -0.25) is 4.79 Å². The molecule has 3 aromatic carbocycles. The van der Waals surface area contributed by atoms with Crippen LogP contribution in [0.5, 0.6) is 0 Å². The van der Waals surface area contributed by atoms with Crippen LogP contribution in [0, 0.1) is 0 Å². The van der Waals surface area contributed by atoms with Gasteiger partial charge in [0.15, 0.2) is 5.76 Å². The monoisotopic (exact) mass is 392 g/mol. The fourth-order valence-corrected chi connectivity index (χ4v) is 3.84. The average Bonchev–Trinajstić information content (AvgIpc) is 3.43. The van der Waals surface area contributed by atoms with Crippen LogP contribution in [0.15, 0.2) is 108 Å². The Morgan fingerprint density at radius 2 is 1.50 bits per heavy atom. The largest absolute Gasteiger partial charge is 0.459 e. The van der Waals surface area contributed by atoms with E-state index in [-0.39, 0.29) is 11.7 Å². The van der Waals surface area contributed by atoms with Crippen LogP contribution in [-0.2, 0) is 6.54 Å². The fourth-order valence-electron chi connectivity index (χ4n) is 3.84. The molecule has 0 aliphatic rings. The first-order valence-electron chi connectivity index (χ1n) is 9.87. The van der Waals surface area contributed by atoms with E-state index in [1.807, 2.05) is 54.6 Å². The number of benzene rings is 3. The summed E-state index contributed by atoms with van der Waals surface area (Å²) in [7, 11) is 0. The molecule has 4 nitrogen and oxygen atoms in total. The van der Waals surface area contributed by atoms with Crippen molar-refractivity contribution >= 4 is 22.5 Å². The van der Waals surface area contributed by atoms with Gasteiger partial charge in [0.25, 0.3) is 5.91 Å². The van der Waals surface area contributed by atoms with Crippen molar-refractivity contribution in [2.45, 2.75) is 6.54 Å². The minimum Gasteiger partial charge on any atom is -0.459 e. The van der Waals surface area contributed by atoms with Crippen molar-refractivity contribution in [2.75, 3.05) is 5.32 Å². The van der Waals surface area contributed by atoms with Crippen LogP contribution in [0.3, 0.4) is 0 Å². The Hall–Kier alpha value is -4.05. The van der Waals surface area contributed by atoms with E-state index in [1.54, 1.807) is 12.1 Å². The van der Waals surface area contributed by atoms with Gasteiger partial charge in [-0.1, -0.05) is 78.9 Å². The number of amides is 1. The first-order valence-corrected chi connectivity index (χ1v) is 9.87. The van der Waals surface area contributed by atoms with Gasteiger partial charge in [-0.05, 0) is 23.8 Å². The molecule has 4 heteroatoms. The van der Waals surface area contributed by atoms with E-state index in [1.165, 1.54) is 11.8 Å². The maximum atomic E-state index is 12.9. The molecule has 0 aliphatic carbocycles. The molecule has 1 amide bonds. The van der Waals surface area contributed by atoms with Crippen molar-refractivity contribution in [1.29, 1.82) is 0 Å². The van der Waals surface area contributed by atoms with Crippen molar-refractivity contribution in [2.24, 2.45) is 0 Å². The van der Waals surface area contributed by atoms with Gasteiger partial charge >= 0.3 is 0 Å². The smallest absolute Gasteiger partial charge is 0.291 e. The summed E-state index contributed by atoms with van der Waals surface area (Å²) in [6.45, 7) is 0.697. The van der Waals surface area contributed by atoms with E-state index in [9.17, 15) is 4.79 Å². The van der Waals surface area contributed by atoms with E-state index in [0.29, 0.717) is 6.54 Å². The molecule has 0 bridgehead atoms. The van der Waals surface area contributed by atoms with Gasteiger partial charge in [-0.2, -0.15) is 0 Å². The van der Waals surface area contributed by atoms with Crippen molar-refractivity contribution in [3.63, 3.8) is 0 Å². The number of furan rings is 1. The Labute approximate surface area is 174 Å². The topological polar surface area (TPSA) is 47.2 Å². The molecule has 0 atom stereocenters. The molecule has 146 valence electrons. The molecule has 0 radical (unpaired) electrons. The third-order valence-corrected chi connectivity index (χ3v) is 5.19. The summed E-state index contributed by atoms with van der Waals surface area (Å²) < 4.78 is 7.57. The number of hydrogen-bond acceptors (Lipinski definition) is 2. The van der Waals surface area contributed by atoms with Gasteiger partial charge in [0.05, 0.1) is 23.2 Å². The van der Waals surface area contributed by atoms with Gasteiger partial charge < -0.3 is 14.3 Å². The van der Waals surface area contributed by atoms with E-state index >= 15 is 0 Å². The average molecular weight is 392 g/mol. The second kappa shape index (κ2) is 7.76. The highest BCUT2D eigenvalue weighted by Gasteiger charge is 2.21. The second-order valence-corrected chi connectivity index (χ2v) is 7.11. The highest BCUT2D eigenvalue weighted by atomic mass is 16.3. The molecule has 0 unspecified atom stereocenters. The number of nitrogens with one attached hydrogen (secondary N) is 1. The summed E-state index contributed by atoms with van der Waals surface area (Å²) in [4.78, 5) is 12.9. The van der Waals surface area contributed by atoms with Crippen molar-refractivity contribution in [1.82, 2.24) is 4.57 Å². The van der Waals surface area contributed by atoms with Crippen LogP contribution in [-0.4, -0.2) is 10.5 Å². The highest BCUT2D eigenvalue weighted by molar-refractivity contribution is 6.12. The lowest BCUT2D eigenvalue weighted by molar-refractivity contribution is 0.0997. The normalized spacial score (nSPS) is 10.9. The van der Waals surface area contributed by atoms with Crippen LogP contribution >= 0.6 is 0 Å². The summed E-state index contributed by atoms with van der Waals surface area (Å²) in [6.07, 6.45) is 1.51. The first-order chi connectivity index (χ1) is 14.8. The van der Waals surface area contributed by atoms with Crippen LogP contribution in [0.2, 0.25) is 0 Å². The number of anilines is 1. The van der Waals surface area contributed by atoms with Crippen molar-refractivity contribution < 1.29 is 9.21 Å². The zero-order valence-corrected chi connectivity index (χ0v) is 16.3. The number of aromatic nitrogens is 1. The Kier molecular flexibility index (Phi) is 4.66. The number of para-hydroxylation sites is 1. The van der Waals surface area contributed by atoms with Crippen LogP contribution in [0.25, 0.3) is 22.2 Å². The molecule has 0 spiro atoms. The molecule has 5 aromatic rings. The Morgan fingerprint density at radius 3 is 2.23 bits per heavy atom. The SMILES string of the molecule is O=C(Nc1c(-c2ccccc2)n(Cc2ccccc2)c2ccccc12)c1ccco1. The summed E-state index contributed by atoms with van der Waals surface area (Å²) in [6, 6.07) is 32.0. The molecular formula is C26H20N2O2. The first kappa shape index (κ1) is 18.0. The highest BCUT2D eigenvalue weighted by Crippen LogP contribution is 2.39.